The molecule has 0 aromatic heterocycles. The first-order valence-electron chi connectivity index (χ1n) is 7.74. The average Bonchev–Trinajstić information content (AvgIpc) is 2.54. The highest BCUT2D eigenvalue weighted by molar-refractivity contribution is 5.83. The number of nitrogens with zero attached hydrogens (tertiary/aromatic N) is 1. The Bertz CT molecular complexity index is 497. The van der Waals surface area contributed by atoms with E-state index >= 15 is 0 Å². The van der Waals surface area contributed by atoms with Gasteiger partial charge in [-0.2, -0.15) is 0 Å². The summed E-state index contributed by atoms with van der Waals surface area (Å²) in [6.45, 7) is 5.72. The molecular formula is C17H25FN2O. The van der Waals surface area contributed by atoms with Crippen molar-refractivity contribution in [3.63, 3.8) is 0 Å². The van der Waals surface area contributed by atoms with Crippen LogP contribution in [-0.4, -0.2) is 30.9 Å². The molecular weight excluding hydrogens is 267 g/mol. The molecule has 0 saturated carbocycles. The molecule has 1 aromatic carbocycles. The molecule has 116 valence electrons. The van der Waals surface area contributed by atoms with Crippen molar-refractivity contribution < 1.29 is 9.18 Å². The van der Waals surface area contributed by atoms with Gasteiger partial charge >= 0.3 is 0 Å². The van der Waals surface area contributed by atoms with Crippen molar-refractivity contribution in [2.24, 2.45) is 5.41 Å². The smallest absolute Gasteiger partial charge is 0.229 e. The number of carbonyl (C=O) groups is 1. The van der Waals surface area contributed by atoms with Crippen LogP contribution in [0.1, 0.15) is 44.7 Å². The van der Waals surface area contributed by atoms with Crippen LogP contribution >= 0.6 is 0 Å². The zero-order valence-corrected chi connectivity index (χ0v) is 13.2. The molecule has 21 heavy (non-hydrogen) atoms. The summed E-state index contributed by atoms with van der Waals surface area (Å²) in [7, 11) is 1.79. The molecule has 0 bridgehead atoms. The second kappa shape index (κ2) is 6.56. The second-order valence-corrected chi connectivity index (χ2v) is 6.00. The minimum Gasteiger partial charge on any atom is -0.338 e. The molecule has 1 saturated heterocycles. The van der Waals surface area contributed by atoms with Crippen LogP contribution in [0.5, 0.6) is 0 Å². The molecule has 2 rings (SSSR count). The first-order chi connectivity index (χ1) is 10.0. The Morgan fingerprint density at radius 3 is 2.57 bits per heavy atom. The standard InChI is InChI=1S/C17H25FN2O/c1-4-17(9-11-19-12-10-17)16(21)20(3)13(2)14-7-5-6-8-15(14)18/h5-8,13,19H,4,9-12H2,1-3H3. The predicted octanol–water partition coefficient (Wildman–Crippen LogP) is 3.12. The van der Waals surface area contributed by atoms with Crippen molar-refractivity contribution in [2.45, 2.75) is 39.2 Å². The molecule has 1 heterocycles. The molecule has 1 aliphatic rings. The molecule has 1 atom stereocenters. The molecule has 1 N–H and O–H groups in total. The maximum absolute atomic E-state index is 13.9. The van der Waals surface area contributed by atoms with Crippen molar-refractivity contribution >= 4 is 5.91 Å². The number of piperidine rings is 1. The molecule has 1 unspecified atom stereocenters. The lowest BCUT2D eigenvalue weighted by atomic mass is 9.75. The van der Waals surface area contributed by atoms with Gasteiger partial charge < -0.3 is 10.2 Å². The van der Waals surface area contributed by atoms with E-state index in [1.54, 1.807) is 24.1 Å². The maximum atomic E-state index is 13.9. The minimum atomic E-state index is -0.292. The van der Waals surface area contributed by atoms with E-state index in [1.807, 2.05) is 13.0 Å². The Labute approximate surface area is 126 Å². The molecule has 0 spiro atoms. The van der Waals surface area contributed by atoms with E-state index in [4.69, 9.17) is 0 Å². The van der Waals surface area contributed by atoms with Crippen molar-refractivity contribution in [1.29, 1.82) is 0 Å². The third kappa shape index (κ3) is 3.10. The number of carbonyl (C=O) groups excluding carboxylic acids is 1. The van der Waals surface area contributed by atoms with Crippen LogP contribution in [0.15, 0.2) is 24.3 Å². The third-order valence-electron chi connectivity index (χ3n) is 4.95. The number of hydrogen-bond donors (Lipinski definition) is 1. The van der Waals surface area contributed by atoms with Gasteiger partial charge in [-0.25, -0.2) is 4.39 Å². The third-order valence-corrected chi connectivity index (χ3v) is 4.95. The van der Waals surface area contributed by atoms with Gasteiger partial charge in [-0.1, -0.05) is 25.1 Å². The van der Waals surface area contributed by atoms with Crippen LogP contribution < -0.4 is 5.32 Å². The Balaban J connectivity index is 2.20. The second-order valence-electron chi connectivity index (χ2n) is 6.00. The first-order valence-corrected chi connectivity index (χ1v) is 7.74. The maximum Gasteiger partial charge on any atom is 0.229 e. The fraction of sp³-hybridized carbons (Fsp3) is 0.588. The molecule has 1 amide bonds. The topological polar surface area (TPSA) is 32.3 Å². The van der Waals surface area contributed by atoms with Crippen molar-refractivity contribution in [3.8, 4) is 0 Å². The van der Waals surface area contributed by atoms with Crippen LogP contribution in [0.3, 0.4) is 0 Å². The monoisotopic (exact) mass is 292 g/mol. The zero-order valence-electron chi connectivity index (χ0n) is 13.2. The highest BCUT2D eigenvalue weighted by Gasteiger charge is 2.40. The van der Waals surface area contributed by atoms with Crippen LogP contribution in [0.4, 0.5) is 4.39 Å². The lowest BCUT2D eigenvalue weighted by Gasteiger charge is -2.40. The first kappa shape index (κ1) is 16.0. The molecule has 0 aliphatic carbocycles. The van der Waals surface area contributed by atoms with Crippen molar-refractivity contribution in [2.75, 3.05) is 20.1 Å². The number of rotatable bonds is 4. The molecule has 1 aliphatic heterocycles. The lowest BCUT2D eigenvalue weighted by Crippen LogP contribution is -2.48. The van der Waals surface area contributed by atoms with E-state index in [2.05, 4.69) is 12.2 Å². The molecule has 1 fully saturated rings. The summed E-state index contributed by atoms with van der Waals surface area (Å²) >= 11 is 0. The number of halogens is 1. The van der Waals surface area contributed by atoms with E-state index in [1.165, 1.54) is 6.07 Å². The van der Waals surface area contributed by atoms with E-state index in [0.717, 1.165) is 32.4 Å². The average molecular weight is 292 g/mol. The summed E-state index contributed by atoms with van der Waals surface area (Å²) in [5.74, 6) is -0.109. The van der Waals surface area contributed by atoms with Crippen LogP contribution in [0, 0.1) is 11.2 Å². The fourth-order valence-corrected chi connectivity index (χ4v) is 3.20. The van der Waals surface area contributed by atoms with Crippen LogP contribution in [0.25, 0.3) is 0 Å². The predicted molar refractivity (Wildman–Crippen MR) is 82.4 cm³/mol. The van der Waals surface area contributed by atoms with Gasteiger partial charge in [0.05, 0.1) is 11.5 Å². The Morgan fingerprint density at radius 1 is 1.38 bits per heavy atom. The molecule has 4 heteroatoms. The van der Waals surface area contributed by atoms with E-state index in [0.29, 0.717) is 5.56 Å². The lowest BCUT2D eigenvalue weighted by molar-refractivity contribution is -0.144. The van der Waals surface area contributed by atoms with Crippen LogP contribution in [-0.2, 0) is 4.79 Å². The van der Waals surface area contributed by atoms with E-state index < -0.39 is 0 Å². The normalized spacial score (nSPS) is 19.0. The molecule has 0 radical (unpaired) electrons. The van der Waals surface area contributed by atoms with Gasteiger partial charge in [0, 0.05) is 12.6 Å². The summed E-state index contributed by atoms with van der Waals surface area (Å²) in [6.07, 6.45) is 2.55. The highest BCUT2D eigenvalue weighted by atomic mass is 19.1. The minimum absolute atomic E-state index is 0.141. The van der Waals surface area contributed by atoms with Crippen molar-refractivity contribution in [1.82, 2.24) is 10.2 Å². The molecule has 3 nitrogen and oxygen atoms in total. The summed E-state index contributed by atoms with van der Waals surface area (Å²) in [5.41, 5.74) is 0.285. The SMILES string of the molecule is CCC1(C(=O)N(C)C(C)c2ccccc2F)CCNCC1. The van der Waals surface area contributed by atoms with E-state index in [-0.39, 0.29) is 23.2 Å². The Morgan fingerprint density at radius 2 is 2.00 bits per heavy atom. The number of hydrogen-bond acceptors (Lipinski definition) is 2. The van der Waals surface area contributed by atoms with Gasteiger partial charge in [0.1, 0.15) is 5.82 Å². The summed E-state index contributed by atoms with van der Waals surface area (Å²) in [4.78, 5) is 14.7. The number of nitrogens with one attached hydrogen (secondary N) is 1. The summed E-state index contributed by atoms with van der Waals surface area (Å²) < 4.78 is 13.9. The fourth-order valence-electron chi connectivity index (χ4n) is 3.20. The molecule has 1 aromatic rings. The van der Waals surface area contributed by atoms with Gasteiger partial charge in [0.15, 0.2) is 0 Å². The van der Waals surface area contributed by atoms with Gasteiger partial charge in [0.25, 0.3) is 0 Å². The van der Waals surface area contributed by atoms with Gasteiger partial charge in [-0.05, 0) is 45.3 Å². The highest BCUT2D eigenvalue weighted by Crippen LogP contribution is 2.36. The summed E-state index contributed by atoms with van der Waals surface area (Å²) in [5, 5.41) is 3.31. The van der Waals surface area contributed by atoms with Crippen molar-refractivity contribution in [3.05, 3.63) is 35.6 Å². The van der Waals surface area contributed by atoms with Crippen LogP contribution in [0.2, 0.25) is 0 Å². The quantitative estimate of drug-likeness (QED) is 0.924. The summed E-state index contributed by atoms with van der Waals surface area (Å²) in [6, 6.07) is 6.44. The Kier molecular flexibility index (Phi) is 4.99. The van der Waals surface area contributed by atoms with Gasteiger partial charge in [-0.15, -0.1) is 0 Å². The van der Waals surface area contributed by atoms with E-state index in [9.17, 15) is 9.18 Å². The Hall–Kier alpha value is -1.42. The number of benzene rings is 1. The zero-order chi connectivity index (χ0) is 15.5. The van der Waals surface area contributed by atoms with Gasteiger partial charge in [-0.3, -0.25) is 4.79 Å². The van der Waals surface area contributed by atoms with Gasteiger partial charge in [0.2, 0.25) is 5.91 Å². The number of amides is 1. The largest absolute Gasteiger partial charge is 0.338 e.